The predicted octanol–water partition coefficient (Wildman–Crippen LogP) is 5.50. The van der Waals surface area contributed by atoms with Gasteiger partial charge in [0, 0.05) is 50.4 Å². The van der Waals surface area contributed by atoms with Gasteiger partial charge in [-0.25, -0.2) is 4.79 Å². The molecule has 0 N–H and O–H groups in total. The number of cyclic esters (lactones) is 1. The monoisotopic (exact) mass is 555 g/mol. The van der Waals surface area contributed by atoms with Crippen molar-refractivity contribution in [2.45, 2.75) is 51.0 Å². The molecule has 3 aromatic rings. The van der Waals surface area contributed by atoms with Crippen molar-refractivity contribution in [1.29, 1.82) is 0 Å². The summed E-state index contributed by atoms with van der Waals surface area (Å²) in [6, 6.07) is 23.9. The van der Waals surface area contributed by atoms with Crippen molar-refractivity contribution in [2.24, 2.45) is 0 Å². The van der Waals surface area contributed by atoms with Crippen molar-refractivity contribution < 1.29 is 23.8 Å². The number of anilines is 1. The summed E-state index contributed by atoms with van der Waals surface area (Å²) in [5.74, 6) is 1.17. The maximum Gasteiger partial charge on any atom is 0.414 e. The number of methoxy groups -OCH3 is 1. The molecule has 0 radical (unpaired) electrons. The molecule has 0 atom stereocenters. The van der Waals surface area contributed by atoms with E-state index >= 15 is 0 Å². The zero-order chi connectivity index (χ0) is 28.2. The number of carbonyl (C=O) groups is 2. The summed E-state index contributed by atoms with van der Waals surface area (Å²) in [7, 11) is 1.59. The third kappa shape index (κ3) is 6.03. The average Bonchev–Trinajstić information content (AvgIpc) is 3.02. The fourth-order valence-corrected chi connectivity index (χ4v) is 6.16. The van der Waals surface area contributed by atoms with Crippen LogP contribution in [0.1, 0.15) is 47.2 Å². The number of benzene rings is 3. The smallest absolute Gasteiger partial charge is 0.414 e. The maximum atomic E-state index is 13.5. The number of likely N-dealkylation sites (tertiary alicyclic amines) is 2. The van der Waals surface area contributed by atoms with E-state index in [1.54, 1.807) is 12.0 Å². The van der Waals surface area contributed by atoms with Crippen LogP contribution in [0.2, 0.25) is 0 Å². The lowest BCUT2D eigenvalue weighted by Gasteiger charge is -2.40. The Balaban J connectivity index is 1.04. The molecule has 0 bridgehead atoms. The molecule has 2 fully saturated rings. The minimum absolute atomic E-state index is 0.00946. The average molecular weight is 556 g/mol. The van der Waals surface area contributed by atoms with E-state index in [-0.39, 0.29) is 24.1 Å². The van der Waals surface area contributed by atoms with E-state index < -0.39 is 0 Å². The molecule has 6 rings (SSSR count). The SMILES string of the molecule is COc1cc(OC2CCN(Cc3ccccc3)CC2)ccc1C(=O)N1CCC(N2C(=O)OCc3ccccc32)CC1. The molecule has 0 unspecified atom stereocenters. The number of carbonyl (C=O) groups excluding carboxylic acids is 2. The van der Waals surface area contributed by atoms with Gasteiger partial charge in [0.15, 0.2) is 0 Å². The van der Waals surface area contributed by atoms with Crippen molar-refractivity contribution in [3.05, 3.63) is 89.5 Å². The number of amides is 2. The van der Waals surface area contributed by atoms with Crippen LogP contribution in [0.4, 0.5) is 10.5 Å². The third-order valence-electron chi connectivity index (χ3n) is 8.41. The first kappa shape index (κ1) is 27.1. The Morgan fingerprint density at radius 1 is 0.902 bits per heavy atom. The summed E-state index contributed by atoms with van der Waals surface area (Å²) in [6.45, 7) is 4.35. The molecule has 0 saturated carbocycles. The van der Waals surface area contributed by atoms with Gasteiger partial charge in [0.25, 0.3) is 5.91 Å². The molecule has 8 nitrogen and oxygen atoms in total. The lowest BCUT2D eigenvalue weighted by molar-refractivity contribution is 0.0705. The highest BCUT2D eigenvalue weighted by atomic mass is 16.6. The lowest BCUT2D eigenvalue weighted by Crippen LogP contribution is -2.50. The second-order valence-electron chi connectivity index (χ2n) is 11.0. The molecule has 214 valence electrons. The topological polar surface area (TPSA) is 71.6 Å². The Morgan fingerprint density at radius 3 is 2.39 bits per heavy atom. The van der Waals surface area contributed by atoms with Gasteiger partial charge in [-0.05, 0) is 49.4 Å². The Morgan fingerprint density at radius 2 is 1.63 bits per heavy atom. The van der Waals surface area contributed by atoms with Crippen LogP contribution in [-0.2, 0) is 17.9 Å². The Bertz CT molecular complexity index is 1360. The Kier molecular flexibility index (Phi) is 8.09. The highest BCUT2D eigenvalue weighted by Gasteiger charge is 2.35. The summed E-state index contributed by atoms with van der Waals surface area (Å²) in [4.78, 5) is 32.2. The second kappa shape index (κ2) is 12.2. The van der Waals surface area contributed by atoms with E-state index in [1.807, 2.05) is 53.4 Å². The van der Waals surface area contributed by atoms with Gasteiger partial charge in [0.1, 0.15) is 24.2 Å². The van der Waals surface area contributed by atoms with Crippen LogP contribution < -0.4 is 14.4 Å². The van der Waals surface area contributed by atoms with Crippen LogP contribution >= 0.6 is 0 Å². The van der Waals surface area contributed by atoms with Crippen molar-refractivity contribution in [1.82, 2.24) is 9.80 Å². The van der Waals surface area contributed by atoms with E-state index in [2.05, 4.69) is 29.2 Å². The summed E-state index contributed by atoms with van der Waals surface area (Å²) in [5.41, 5.74) is 3.78. The molecule has 3 aliphatic heterocycles. The van der Waals surface area contributed by atoms with Gasteiger partial charge >= 0.3 is 6.09 Å². The Labute approximate surface area is 241 Å². The number of hydrogen-bond donors (Lipinski definition) is 0. The van der Waals surface area contributed by atoms with Gasteiger partial charge in [-0.15, -0.1) is 0 Å². The van der Waals surface area contributed by atoms with Gasteiger partial charge < -0.3 is 19.1 Å². The van der Waals surface area contributed by atoms with Gasteiger partial charge in [-0.1, -0.05) is 48.5 Å². The molecule has 3 aromatic carbocycles. The quantitative estimate of drug-likeness (QED) is 0.384. The fourth-order valence-electron chi connectivity index (χ4n) is 6.16. The third-order valence-corrected chi connectivity index (χ3v) is 8.41. The minimum atomic E-state index is -0.312. The zero-order valence-electron chi connectivity index (χ0n) is 23.5. The molecule has 0 aromatic heterocycles. The largest absolute Gasteiger partial charge is 0.496 e. The van der Waals surface area contributed by atoms with E-state index in [1.165, 1.54) is 5.56 Å². The number of piperidine rings is 2. The molecule has 2 saturated heterocycles. The van der Waals surface area contributed by atoms with E-state index in [0.29, 0.717) is 43.9 Å². The standard InChI is InChI=1S/C33H37N3O5/c1-39-31-21-28(41-27-15-17-34(18-16-27)22-24-7-3-2-4-8-24)11-12-29(31)32(37)35-19-13-26(14-20-35)36-30-10-6-5-9-25(30)23-40-33(36)38/h2-12,21,26-27H,13-20,22-23H2,1H3. The predicted molar refractivity (Wildman–Crippen MR) is 156 cm³/mol. The van der Waals surface area contributed by atoms with Crippen LogP contribution in [0, 0.1) is 0 Å². The van der Waals surface area contributed by atoms with E-state index in [0.717, 1.165) is 49.5 Å². The summed E-state index contributed by atoms with van der Waals surface area (Å²) < 4.78 is 17.4. The molecular weight excluding hydrogens is 518 g/mol. The van der Waals surface area contributed by atoms with E-state index in [4.69, 9.17) is 14.2 Å². The van der Waals surface area contributed by atoms with Crippen LogP contribution in [0.3, 0.4) is 0 Å². The summed E-state index contributed by atoms with van der Waals surface area (Å²) >= 11 is 0. The number of fused-ring (bicyclic) bond motifs is 1. The minimum Gasteiger partial charge on any atom is -0.496 e. The molecule has 41 heavy (non-hydrogen) atoms. The molecule has 0 aliphatic carbocycles. The number of rotatable bonds is 7. The van der Waals surface area contributed by atoms with Crippen molar-refractivity contribution >= 4 is 17.7 Å². The first-order chi connectivity index (χ1) is 20.1. The van der Waals surface area contributed by atoms with Gasteiger partial charge in [0.05, 0.1) is 18.4 Å². The molecule has 0 spiro atoms. The molecule has 3 heterocycles. The van der Waals surface area contributed by atoms with Gasteiger partial charge in [0.2, 0.25) is 0 Å². The van der Waals surface area contributed by atoms with Crippen molar-refractivity contribution in [3.63, 3.8) is 0 Å². The molecule has 3 aliphatic rings. The van der Waals surface area contributed by atoms with Crippen molar-refractivity contribution in [3.8, 4) is 11.5 Å². The molecule has 2 amide bonds. The second-order valence-corrected chi connectivity index (χ2v) is 11.0. The van der Waals surface area contributed by atoms with E-state index in [9.17, 15) is 9.59 Å². The number of nitrogens with zero attached hydrogens (tertiary/aromatic N) is 3. The number of para-hydroxylation sites is 1. The highest BCUT2D eigenvalue weighted by Crippen LogP contribution is 2.33. The first-order valence-electron chi connectivity index (χ1n) is 14.5. The summed E-state index contributed by atoms with van der Waals surface area (Å²) in [6.07, 6.45) is 3.11. The normalized spacial score (nSPS) is 18.5. The number of hydrogen-bond acceptors (Lipinski definition) is 6. The maximum absolute atomic E-state index is 13.5. The molecular formula is C33H37N3O5. The van der Waals surface area contributed by atoms with Crippen molar-refractivity contribution in [2.75, 3.05) is 38.2 Å². The van der Waals surface area contributed by atoms with Gasteiger partial charge in [-0.2, -0.15) is 0 Å². The zero-order valence-corrected chi connectivity index (χ0v) is 23.5. The number of ether oxygens (including phenoxy) is 3. The lowest BCUT2D eigenvalue weighted by atomic mass is 10.00. The van der Waals surface area contributed by atoms with Crippen LogP contribution in [0.25, 0.3) is 0 Å². The Hall–Kier alpha value is -4.04. The van der Waals surface area contributed by atoms with Gasteiger partial charge in [-0.3, -0.25) is 14.6 Å². The first-order valence-corrected chi connectivity index (χ1v) is 14.5. The van der Waals surface area contributed by atoms with Crippen LogP contribution in [0.5, 0.6) is 11.5 Å². The van der Waals surface area contributed by atoms with Crippen LogP contribution in [0.15, 0.2) is 72.8 Å². The summed E-state index contributed by atoms with van der Waals surface area (Å²) in [5, 5.41) is 0. The highest BCUT2D eigenvalue weighted by molar-refractivity contribution is 5.97. The van der Waals surface area contributed by atoms with Crippen LogP contribution in [-0.4, -0.2) is 67.2 Å². The fraction of sp³-hybridized carbons (Fsp3) is 0.394. The molecule has 8 heteroatoms.